The number of carbonyl (C=O) groups excluding carboxylic acids is 1. The maximum Gasteiger partial charge on any atom is 0.217 e. The molecule has 0 radical (unpaired) electrons. The lowest BCUT2D eigenvalue weighted by atomic mass is 9.61. The highest BCUT2D eigenvalue weighted by atomic mass is 16.1. The number of aliphatic imine (C=N–C) groups is 1. The SMILES string of the molecule is CC(=O)NC1(C)CC[C@H]2CC1C(C)=NC2(C)C. The minimum atomic E-state index is -0.0909. The normalized spacial score (nSPS) is 39.5. The summed E-state index contributed by atoms with van der Waals surface area (Å²) in [6.07, 6.45) is 3.40. The van der Waals surface area contributed by atoms with E-state index in [0.29, 0.717) is 11.8 Å². The summed E-state index contributed by atoms with van der Waals surface area (Å²) >= 11 is 0. The van der Waals surface area contributed by atoms with E-state index in [1.54, 1.807) is 6.92 Å². The Morgan fingerprint density at radius 2 is 2.06 bits per heavy atom. The zero-order valence-corrected chi connectivity index (χ0v) is 11.6. The third-order valence-electron chi connectivity index (χ3n) is 4.73. The number of carbonyl (C=O) groups is 1. The van der Waals surface area contributed by atoms with Crippen molar-refractivity contribution in [2.45, 2.75) is 65.0 Å². The predicted molar refractivity (Wildman–Crippen MR) is 70.2 cm³/mol. The van der Waals surface area contributed by atoms with Crippen molar-refractivity contribution < 1.29 is 4.79 Å². The monoisotopic (exact) mass is 236 g/mol. The first-order valence-corrected chi connectivity index (χ1v) is 6.60. The van der Waals surface area contributed by atoms with Crippen LogP contribution < -0.4 is 5.32 Å². The molecule has 2 bridgehead atoms. The van der Waals surface area contributed by atoms with Gasteiger partial charge in [-0.05, 0) is 52.9 Å². The van der Waals surface area contributed by atoms with Gasteiger partial charge in [-0.25, -0.2) is 0 Å². The van der Waals surface area contributed by atoms with Crippen LogP contribution in [0, 0.1) is 11.8 Å². The van der Waals surface area contributed by atoms with Crippen LogP contribution in [0.5, 0.6) is 0 Å². The Morgan fingerprint density at radius 1 is 1.41 bits per heavy atom. The molecule has 2 aliphatic rings. The molecule has 3 nitrogen and oxygen atoms in total. The molecule has 17 heavy (non-hydrogen) atoms. The van der Waals surface area contributed by atoms with Crippen molar-refractivity contribution >= 4 is 11.6 Å². The summed E-state index contributed by atoms with van der Waals surface area (Å²) in [4.78, 5) is 16.2. The van der Waals surface area contributed by atoms with Crippen LogP contribution in [0.1, 0.15) is 53.9 Å². The molecule has 3 heteroatoms. The first-order valence-electron chi connectivity index (χ1n) is 6.60. The van der Waals surface area contributed by atoms with Crippen LogP contribution in [0.4, 0.5) is 0 Å². The van der Waals surface area contributed by atoms with Gasteiger partial charge < -0.3 is 5.32 Å². The molecule has 1 heterocycles. The second-order valence-corrected chi connectivity index (χ2v) is 6.53. The molecule has 1 N–H and O–H groups in total. The molecule has 0 aromatic rings. The van der Waals surface area contributed by atoms with Gasteiger partial charge in [-0.1, -0.05) is 0 Å². The van der Waals surface area contributed by atoms with Crippen LogP contribution in [0.25, 0.3) is 0 Å². The number of rotatable bonds is 1. The van der Waals surface area contributed by atoms with Gasteiger partial charge in [0.25, 0.3) is 0 Å². The summed E-state index contributed by atoms with van der Waals surface area (Å²) in [6, 6.07) is 0. The fraction of sp³-hybridized carbons (Fsp3) is 0.857. The number of nitrogens with zero attached hydrogens (tertiary/aromatic N) is 1. The van der Waals surface area contributed by atoms with Gasteiger partial charge in [-0.3, -0.25) is 9.79 Å². The molecule has 1 aliphatic carbocycles. The summed E-state index contributed by atoms with van der Waals surface area (Å²) in [5.41, 5.74) is 1.20. The van der Waals surface area contributed by atoms with Crippen molar-refractivity contribution in [1.82, 2.24) is 5.32 Å². The standard InChI is InChI=1S/C14H24N2O/c1-9-12-8-11(13(3,4)15-9)6-7-14(12,5)16-10(2)17/h11-12H,6-8H2,1-5H3,(H,16,17)/t11-,12?,14?/m0/s1. The van der Waals surface area contributed by atoms with E-state index in [0.717, 1.165) is 12.8 Å². The minimum Gasteiger partial charge on any atom is -0.351 e. The molecule has 1 fully saturated rings. The Morgan fingerprint density at radius 3 is 2.65 bits per heavy atom. The van der Waals surface area contributed by atoms with Gasteiger partial charge in [-0.15, -0.1) is 0 Å². The van der Waals surface area contributed by atoms with Crippen LogP contribution in [-0.4, -0.2) is 22.7 Å². The van der Waals surface area contributed by atoms with E-state index in [-0.39, 0.29) is 17.0 Å². The summed E-state index contributed by atoms with van der Waals surface area (Å²) in [6.45, 7) is 10.4. The molecule has 2 unspecified atom stereocenters. The van der Waals surface area contributed by atoms with E-state index in [9.17, 15) is 4.79 Å². The van der Waals surface area contributed by atoms with Crippen LogP contribution in [0.2, 0.25) is 0 Å². The third kappa shape index (κ3) is 2.12. The first-order chi connectivity index (χ1) is 7.74. The van der Waals surface area contributed by atoms with E-state index < -0.39 is 0 Å². The van der Waals surface area contributed by atoms with Crippen molar-refractivity contribution in [2.75, 3.05) is 0 Å². The number of hydrogen-bond acceptors (Lipinski definition) is 2. The van der Waals surface area contributed by atoms with E-state index in [4.69, 9.17) is 4.99 Å². The number of hydrogen-bond donors (Lipinski definition) is 1. The van der Waals surface area contributed by atoms with Crippen molar-refractivity contribution in [3.05, 3.63) is 0 Å². The third-order valence-corrected chi connectivity index (χ3v) is 4.73. The van der Waals surface area contributed by atoms with Gasteiger partial charge in [0.2, 0.25) is 5.91 Å². The van der Waals surface area contributed by atoms with E-state index >= 15 is 0 Å². The van der Waals surface area contributed by atoms with Gasteiger partial charge in [0.1, 0.15) is 0 Å². The molecule has 0 aromatic heterocycles. The highest BCUT2D eigenvalue weighted by Gasteiger charge is 2.48. The van der Waals surface area contributed by atoms with Gasteiger partial charge in [0.05, 0.1) is 5.54 Å². The van der Waals surface area contributed by atoms with Gasteiger partial charge in [0.15, 0.2) is 0 Å². The fourth-order valence-electron chi connectivity index (χ4n) is 3.76. The van der Waals surface area contributed by atoms with Crippen LogP contribution in [-0.2, 0) is 4.79 Å². The Hall–Kier alpha value is -0.860. The van der Waals surface area contributed by atoms with Crippen molar-refractivity contribution in [3.8, 4) is 0 Å². The van der Waals surface area contributed by atoms with Crippen LogP contribution in [0.15, 0.2) is 4.99 Å². The summed E-state index contributed by atoms with van der Waals surface area (Å²) in [5.74, 6) is 1.15. The zero-order chi connectivity index (χ0) is 12.8. The molecular formula is C14H24N2O. The molecule has 1 amide bonds. The van der Waals surface area contributed by atoms with E-state index in [2.05, 4.69) is 33.0 Å². The number of fused-ring (bicyclic) bond motifs is 2. The molecule has 3 atom stereocenters. The highest BCUT2D eigenvalue weighted by Crippen LogP contribution is 2.46. The Labute approximate surface area is 104 Å². The molecule has 2 rings (SSSR count). The lowest BCUT2D eigenvalue weighted by Gasteiger charge is -2.51. The number of nitrogens with one attached hydrogen (secondary N) is 1. The molecule has 1 saturated carbocycles. The second-order valence-electron chi connectivity index (χ2n) is 6.53. The largest absolute Gasteiger partial charge is 0.351 e. The van der Waals surface area contributed by atoms with E-state index in [1.165, 1.54) is 12.1 Å². The zero-order valence-electron chi connectivity index (χ0n) is 11.6. The molecule has 0 spiro atoms. The van der Waals surface area contributed by atoms with Gasteiger partial charge >= 0.3 is 0 Å². The van der Waals surface area contributed by atoms with Crippen molar-refractivity contribution in [2.24, 2.45) is 16.8 Å². The lowest BCUT2D eigenvalue weighted by molar-refractivity contribution is -0.121. The Bertz CT molecular complexity index is 372. The predicted octanol–water partition coefficient (Wildman–Crippen LogP) is 2.55. The molecule has 0 aromatic carbocycles. The molecule has 0 saturated heterocycles. The maximum atomic E-state index is 11.4. The highest BCUT2D eigenvalue weighted by molar-refractivity contribution is 5.88. The smallest absolute Gasteiger partial charge is 0.217 e. The van der Waals surface area contributed by atoms with Gasteiger partial charge in [-0.2, -0.15) is 0 Å². The van der Waals surface area contributed by atoms with Crippen molar-refractivity contribution in [1.29, 1.82) is 0 Å². The Kier molecular flexibility index (Phi) is 2.83. The van der Waals surface area contributed by atoms with Crippen molar-refractivity contribution in [3.63, 3.8) is 0 Å². The molecule has 1 aliphatic heterocycles. The lowest BCUT2D eigenvalue weighted by Crippen LogP contribution is -2.59. The quantitative estimate of drug-likeness (QED) is 0.747. The molecular weight excluding hydrogens is 212 g/mol. The van der Waals surface area contributed by atoms with Gasteiger partial charge in [0, 0.05) is 24.1 Å². The summed E-state index contributed by atoms with van der Waals surface area (Å²) in [5, 5.41) is 3.15. The first kappa shape index (κ1) is 12.6. The fourth-order valence-corrected chi connectivity index (χ4v) is 3.76. The molecule has 96 valence electrons. The second kappa shape index (κ2) is 3.82. The van der Waals surface area contributed by atoms with E-state index in [1.807, 2.05) is 0 Å². The maximum absolute atomic E-state index is 11.4. The minimum absolute atomic E-state index is 0.0728. The summed E-state index contributed by atoms with van der Waals surface area (Å²) in [7, 11) is 0. The average Bonchev–Trinajstić information content (AvgIpc) is 2.13. The van der Waals surface area contributed by atoms with Crippen LogP contribution in [0.3, 0.4) is 0 Å². The number of amides is 1. The topological polar surface area (TPSA) is 41.5 Å². The average molecular weight is 236 g/mol. The summed E-state index contributed by atoms with van der Waals surface area (Å²) < 4.78 is 0. The van der Waals surface area contributed by atoms with Crippen LogP contribution >= 0.6 is 0 Å². The Balaban J connectivity index is 2.31.